The first-order valence-electron chi connectivity index (χ1n) is 11.2. The van der Waals surface area contributed by atoms with Gasteiger partial charge in [-0.25, -0.2) is 4.98 Å². The van der Waals surface area contributed by atoms with Crippen LogP contribution < -0.4 is 5.32 Å². The van der Waals surface area contributed by atoms with Crippen LogP contribution in [0.4, 0.5) is 0 Å². The summed E-state index contributed by atoms with van der Waals surface area (Å²) in [4.78, 5) is 29.0. The molecular weight excluding hydrogens is 422 g/mol. The largest absolute Gasteiger partial charge is 0.391 e. The van der Waals surface area contributed by atoms with Crippen molar-refractivity contribution in [3.05, 3.63) is 41.0 Å². The van der Waals surface area contributed by atoms with Gasteiger partial charge >= 0.3 is 0 Å². The number of amides is 2. The quantitative estimate of drug-likeness (QED) is 0.627. The standard InChI is InChI=1S/C12H12N2OS.C10H19NO2.C3H8/c1-9-12(16-8-14-9)11-4-2-10(3-5-11)6-13-7-15;1-10(2,3)6-9(13)11-5-4-8(12)7-11;1-3-2/h2-5,7-8H,6H2,1H3,(H,13,15);8,12H,4-7H2,1-3H3;3H2,1-2H3. The van der Waals surface area contributed by atoms with Gasteiger partial charge in [-0.3, -0.25) is 9.59 Å². The highest BCUT2D eigenvalue weighted by atomic mass is 32.1. The maximum absolute atomic E-state index is 11.6. The van der Waals surface area contributed by atoms with Crippen LogP contribution in [0.3, 0.4) is 0 Å². The highest BCUT2D eigenvalue weighted by molar-refractivity contribution is 7.13. The van der Waals surface area contributed by atoms with Gasteiger partial charge in [0.1, 0.15) is 0 Å². The van der Waals surface area contributed by atoms with Crippen molar-refractivity contribution in [3.8, 4) is 10.4 Å². The Balaban J connectivity index is 0.000000291. The monoisotopic (exact) mass is 461 g/mol. The number of hydrogen-bond acceptors (Lipinski definition) is 5. The predicted molar refractivity (Wildman–Crippen MR) is 132 cm³/mol. The van der Waals surface area contributed by atoms with Gasteiger partial charge in [-0.2, -0.15) is 0 Å². The van der Waals surface area contributed by atoms with Gasteiger partial charge in [-0.1, -0.05) is 65.3 Å². The summed E-state index contributed by atoms with van der Waals surface area (Å²) >= 11 is 1.64. The van der Waals surface area contributed by atoms with Crippen LogP contribution >= 0.6 is 11.3 Å². The molecule has 0 bridgehead atoms. The summed E-state index contributed by atoms with van der Waals surface area (Å²) in [6.45, 7) is 14.2. The number of carbonyl (C=O) groups is 2. The van der Waals surface area contributed by atoms with E-state index in [0.29, 0.717) is 25.9 Å². The summed E-state index contributed by atoms with van der Waals surface area (Å²) in [5.74, 6) is 0.170. The van der Waals surface area contributed by atoms with E-state index in [1.54, 1.807) is 16.2 Å². The molecule has 32 heavy (non-hydrogen) atoms. The average molecular weight is 462 g/mol. The number of rotatable bonds is 5. The summed E-state index contributed by atoms with van der Waals surface area (Å²) in [6.07, 6.45) is 2.96. The van der Waals surface area contributed by atoms with Crippen molar-refractivity contribution < 1.29 is 14.7 Å². The molecule has 1 aromatic heterocycles. The molecule has 0 radical (unpaired) electrons. The summed E-state index contributed by atoms with van der Waals surface area (Å²) in [5.41, 5.74) is 5.23. The summed E-state index contributed by atoms with van der Waals surface area (Å²) in [7, 11) is 0. The number of nitrogens with one attached hydrogen (secondary N) is 1. The first-order chi connectivity index (χ1) is 15.1. The van der Waals surface area contributed by atoms with Crippen molar-refractivity contribution >= 4 is 23.7 Å². The fraction of sp³-hybridized carbons (Fsp3) is 0.560. The van der Waals surface area contributed by atoms with Crippen molar-refractivity contribution in [1.82, 2.24) is 15.2 Å². The Labute approximate surface area is 197 Å². The molecule has 0 spiro atoms. The molecule has 1 aliphatic rings. The smallest absolute Gasteiger partial charge is 0.223 e. The minimum absolute atomic E-state index is 0.0463. The van der Waals surface area contributed by atoms with E-state index in [0.717, 1.165) is 24.2 Å². The zero-order valence-corrected chi connectivity index (χ0v) is 21.2. The first-order valence-corrected chi connectivity index (χ1v) is 12.1. The van der Waals surface area contributed by atoms with E-state index in [1.807, 2.05) is 24.6 Å². The highest BCUT2D eigenvalue weighted by Gasteiger charge is 2.27. The number of nitrogens with zero attached hydrogens (tertiary/aromatic N) is 2. The van der Waals surface area contributed by atoms with Crippen LogP contribution in [0.15, 0.2) is 29.8 Å². The lowest BCUT2D eigenvalue weighted by molar-refractivity contribution is -0.132. The molecule has 2 N–H and O–H groups in total. The van der Waals surface area contributed by atoms with Gasteiger partial charge in [0.25, 0.3) is 0 Å². The van der Waals surface area contributed by atoms with Gasteiger partial charge < -0.3 is 15.3 Å². The third-order valence-corrected chi connectivity index (χ3v) is 5.53. The van der Waals surface area contributed by atoms with E-state index >= 15 is 0 Å². The Bertz CT molecular complexity index is 813. The van der Waals surface area contributed by atoms with E-state index in [9.17, 15) is 14.7 Å². The Morgan fingerprint density at radius 1 is 1.28 bits per heavy atom. The summed E-state index contributed by atoms with van der Waals surface area (Å²) < 4.78 is 0. The number of carbonyl (C=O) groups excluding carboxylic acids is 2. The fourth-order valence-corrected chi connectivity index (χ4v) is 3.86. The summed E-state index contributed by atoms with van der Waals surface area (Å²) in [5, 5.41) is 11.9. The van der Waals surface area contributed by atoms with Gasteiger partial charge in [0.15, 0.2) is 0 Å². The van der Waals surface area contributed by atoms with E-state index in [4.69, 9.17) is 0 Å². The molecule has 1 aromatic carbocycles. The van der Waals surface area contributed by atoms with Crippen molar-refractivity contribution in [1.29, 1.82) is 0 Å². The van der Waals surface area contributed by atoms with Crippen molar-refractivity contribution in [2.45, 2.75) is 73.5 Å². The Morgan fingerprint density at radius 2 is 1.91 bits per heavy atom. The normalized spacial score (nSPS) is 15.2. The molecular formula is C25H39N3O3S. The number of hydrogen-bond donors (Lipinski definition) is 2. The van der Waals surface area contributed by atoms with Crippen molar-refractivity contribution in [2.24, 2.45) is 5.41 Å². The number of β-amino-alcohol motifs (C(OH)–C–C–N with tert-alkyl or cyclic N) is 1. The molecule has 7 heteroatoms. The molecule has 1 saturated heterocycles. The van der Waals surface area contributed by atoms with Crippen LogP contribution in [-0.2, 0) is 16.1 Å². The van der Waals surface area contributed by atoms with Crippen LogP contribution in [0.25, 0.3) is 10.4 Å². The van der Waals surface area contributed by atoms with Crippen molar-refractivity contribution in [3.63, 3.8) is 0 Å². The lowest BCUT2D eigenvalue weighted by Crippen LogP contribution is -2.32. The van der Waals surface area contributed by atoms with Crippen LogP contribution in [0, 0.1) is 12.3 Å². The zero-order chi connectivity index (χ0) is 24.1. The minimum atomic E-state index is -0.302. The second kappa shape index (κ2) is 14.0. The molecule has 1 fully saturated rings. The maximum Gasteiger partial charge on any atom is 0.223 e. The molecule has 2 amide bonds. The number of aromatic nitrogens is 1. The Morgan fingerprint density at radius 3 is 2.34 bits per heavy atom. The zero-order valence-electron chi connectivity index (χ0n) is 20.4. The third-order valence-electron chi connectivity index (χ3n) is 4.55. The molecule has 0 aliphatic carbocycles. The van der Waals surface area contributed by atoms with Crippen LogP contribution in [0.2, 0.25) is 0 Å². The van der Waals surface area contributed by atoms with E-state index in [1.165, 1.54) is 16.9 Å². The molecule has 1 atom stereocenters. The molecule has 3 rings (SSSR count). The molecule has 2 heterocycles. The topological polar surface area (TPSA) is 82.5 Å². The van der Waals surface area contributed by atoms with Gasteiger partial charge in [0.05, 0.1) is 22.2 Å². The number of aliphatic hydroxyl groups excluding tert-OH is 1. The van der Waals surface area contributed by atoms with Gasteiger partial charge in [0, 0.05) is 26.1 Å². The average Bonchev–Trinajstić information content (AvgIpc) is 3.35. The number of aliphatic hydroxyl groups is 1. The van der Waals surface area contributed by atoms with Gasteiger partial charge in [-0.15, -0.1) is 11.3 Å². The SMILES string of the molecule is CC(C)(C)CC(=O)N1CCC(O)C1.CCC.Cc1ncsc1-c1ccc(CNC=O)cc1. The number of aryl methyl sites for hydroxylation is 1. The Kier molecular flexibility index (Phi) is 12.2. The van der Waals surface area contributed by atoms with Crippen molar-refractivity contribution in [2.75, 3.05) is 13.1 Å². The Hall–Kier alpha value is -2.25. The lowest BCUT2D eigenvalue weighted by Gasteiger charge is -2.22. The molecule has 0 saturated carbocycles. The van der Waals surface area contributed by atoms with Crippen LogP contribution in [0.1, 0.15) is 65.1 Å². The van der Waals surface area contributed by atoms with E-state index in [-0.39, 0.29) is 17.4 Å². The minimum Gasteiger partial charge on any atom is -0.391 e. The van der Waals surface area contributed by atoms with Crippen LogP contribution in [-0.4, -0.2) is 46.5 Å². The number of likely N-dealkylation sites (tertiary alicyclic amines) is 1. The predicted octanol–water partition coefficient (Wildman–Crippen LogP) is 4.80. The van der Waals surface area contributed by atoms with Gasteiger partial charge in [0.2, 0.25) is 12.3 Å². The van der Waals surface area contributed by atoms with E-state index in [2.05, 4.69) is 57.1 Å². The van der Waals surface area contributed by atoms with E-state index < -0.39 is 0 Å². The highest BCUT2D eigenvalue weighted by Crippen LogP contribution is 2.27. The first kappa shape index (κ1) is 27.8. The second-order valence-corrected chi connectivity index (χ2v) is 10.0. The summed E-state index contributed by atoms with van der Waals surface area (Å²) in [6, 6.07) is 8.15. The molecule has 1 unspecified atom stereocenters. The van der Waals surface area contributed by atoms with Gasteiger partial charge in [-0.05, 0) is 29.9 Å². The second-order valence-electron chi connectivity index (χ2n) is 9.19. The van der Waals surface area contributed by atoms with Crippen LogP contribution in [0.5, 0.6) is 0 Å². The molecule has 6 nitrogen and oxygen atoms in total. The lowest BCUT2D eigenvalue weighted by atomic mass is 9.92. The molecule has 2 aromatic rings. The molecule has 1 aliphatic heterocycles. The third kappa shape index (κ3) is 10.4. The fourth-order valence-electron chi connectivity index (χ4n) is 3.05. The molecule has 178 valence electrons. The maximum atomic E-state index is 11.6. The number of thiazole rings is 1. The number of benzene rings is 1.